The number of thiocarbonyl (C=S) groups is 1. The van der Waals surface area contributed by atoms with E-state index in [0.717, 1.165) is 16.5 Å². The van der Waals surface area contributed by atoms with Crippen LogP contribution < -0.4 is 10.2 Å². The highest BCUT2D eigenvalue weighted by molar-refractivity contribution is 7.80. The van der Waals surface area contributed by atoms with Crippen molar-refractivity contribution in [3.8, 4) is 5.69 Å². The van der Waals surface area contributed by atoms with Crippen molar-refractivity contribution in [2.75, 3.05) is 4.90 Å². The molecule has 1 saturated heterocycles. The highest BCUT2D eigenvalue weighted by Gasteiger charge is 2.42. The lowest BCUT2D eigenvalue weighted by Gasteiger charge is -2.28. The maximum Gasteiger partial charge on any atom is 0.174 e. The van der Waals surface area contributed by atoms with E-state index in [1.54, 1.807) is 0 Å². The second kappa shape index (κ2) is 9.55. The van der Waals surface area contributed by atoms with Crippen LogP contribution in [-0.4, -0.2) is 14.7 Å². The summed E-state index contributed by atoms with van der Waals surface area (Å²) in [5, 5.41) is 4.33. The second-order valence-corrected chi connectivity index (χ2v) is 10.6. The van der Waals surface area contributed by atoms with E-state index in [-0.39, 0.29) is 12.1 Å². The lowest BCUT2D eigenvalue weighted by molar-refractivity contribution is 0.565. The molecule has 0 amide bonds. The molecule has 1 fully saturated rings. The topological polar surface area (TPSA) is 33.1 Å². The van der Waals surface area contributed by atoms with Crippen LogP contribution in [0.25, 0.3) is 5.69 Å². The molecular formula is C31H34N4S. The maximum absolute atomic E-state index is 5.95. The molecular weight excluding hydrogens is 460 g/mol. The average Bonchev–Trinajstić information content (AvgIpc) is 3.34. The van der Waals surface area contributed by atoms with Gasteiger partial charge in [-0.2, -0.15) is 0 Å². The van der Waals surface area contributed by atoms with Gasteiger partial charge in [0.05, 0.1) is 17.8 Å². The standard InChI is InChI=1S/C31H34N4S/c1-19(2)24-10-12-25(13-11-24)35-30(29(33-31(35)36)28-9-7-8-14-32-28)27-18-22(5)34(23(27)6)26-16-20(3)15-21(4)17-26/h7-19,29-30H,1-6H3,(H,33,36). The first kappa shape index (κ1) is 24.3. The van der Waals surface area contributed by atoms with E-state index in [1.165, 1.54) is 39.3 Å². The summed E-state index contributed by atoms with van der Waals surface area (Å²) in [6, 6.07) is 23.9. The van der Waals surface area contributed by atoms with Crippen molar-refractivity contribution in [2.24, 2.45) is 0 Å². The Labute approximate surface area is 220 Å². The van der Waals surface area contributed by atoms with Crippen LogP contribution in [0.3, 0.4) is 0 Å². The van der Waals surface area contributed by atoms with Gasteiger partial charge in [-0.3, -0.25) is 4.98 Å². The van der Waals surface area contributed by atoms with Gasteiger partial charge < -0.3 is 14.8 Å². The van der Waals surface area contributed by atoms with Crippen molar-refractivity contribution >= 4 is 23.0 Å². The second-order valence-electron chi connectivity index (χ2n) is 10.3. The molecule has 0 bridgehead atoms. The Kier molecular flexibility index (Phi) is 6.44. The maximum atomic E-state index is 5.95. The van der Waals surface area contributed by atoms with Gasteiger partial charge in [0, 0.05) is 29.0 Å². The third kappa shape index (κ3) is 4.33. The molecule has 1 aliphatic rings. The highest BCUT2D eigenvalue weighted by Crippen LogP contribution is 2.44. The number of nitrogens with one attached hydrogen (secondary N) is 1. The quantitative estimate of drug-likeness (QED) is 0.293. The van der Waals surface area contributed by atoms with Gasteiger partial charge >= 0.3 is 0 Å². The summed E-state index contributed by atoms with van der Waals surface area (Å²) in [6.45, 7) is 13.2. The Morgan fingerprint density at radius 1 is 0.861 bits per heavy atom. The van der Waals surface area contributed by atoms with Crippen molar-refractivity contribution in [1.82, 2.24) is 14.9 Å². The van der Waals surface area contributed by atoms with Crippen LogP contribution in [0, 0.1) is 27.7 Å². The van der Waals surface area contributed by atoms with Gasteiger partial charge in [-0.1, -0.05) is 38.1 Å². The fraction of sp³-hybridized carbons (Fsp3) is 0.290. The van der Waals surface area contributed by atoms with Gasteiger partial charge in [0.1, 0.15) is 0 Å². The Morgan fingerprint density at radius 3 is 2.17 bits per heavy atom. The number of hydrogen-bond acceptors (Lipinski definition) is 2. The number of aryl methyl sites for hydroxylation is 3. The summed E-state index contributed by atoms with van der Waals surface area (Å²) in [5.41, 5.74) is 10.8. The Hall–Kier alpha value is -3.44. The summed E-state index contributed by atoms with van der Waals surface area (Å²) in [4.78, 5) is 6.99. The zero-order valence-corrected chi connectivity index (χ0v) is 22.7. The molecule has 4 aromatic rings. The number of aromatic nitrogens is 2. The molecule has 2 unspecified atom stereocenters. The van der Waals surface area contributed by atoms with Crippen molar-refractivity contribution in [3.63, 3.8) is 0 Å². The minimum atomic E-state index is -0.0586. The molecule has 0 radical (unpaired) electrons. The minimum absolute atomic E-state index is 0.0249. The SMILES string of the molecule is Cc1cc(C)cc(-n2c(C)cc(C3C(c4ccccn4)NC(=S)N3c3ccc(C(C)C)cc3)c2C)c1. The molecule has 184 valence electrons. The summed E-state index contributed by atoms with van der Waals surface area (Å²) < 4.78 is 2.37. The number of benzene rings is 2. The zero-order valence-electron chi connectivity index (χ0n) is 21.9. The molecule has 0 aliphatic carbocycles. The van der Waals surface area contributed by atoms with Crippen molar-refractivity contribution < 1.29 is 0 Å². The van der Waals surface area contributed by atoms with Crippen LogP contribution in [0.4, 0.5) is 5.69 Å². The molecule has 5 rings (SSSR count). The smallest absolute Gasteiger partial charge is 0.174 e. The molecule has 3 heterocycles. The molecule has 5 heteroatoms. The number of rotatable bonds is 5. The molecule has 36 heavy (non-hydrogen) atoms. The molecule has 2 aromatic heterocycles. The fourth-order valence-corrected chi connectivity index (χ4v) is 5.88. The molecule has 4 nitrogen and oxygen atoms in total. The van der Waals surface area contributed by atoms with Crippen LogP contribution in [0.2, 0.25) is 0 Å². The lowest BCUT2D eigenvalue weighted by Crippen LogP contribution is -2.29. The summed E-state index contributed by atoms with van der Waals surface area (Å²) in [5.74, 6) is 0.483. The summed E-state index contributed by atoms with van der Waals surface area (Å²) in [6.07, 6.45) is 1.86. The van der Waals surface area contributed by atoms with Gasteiger partial charge in [0.15, 0.2) is 5.11 Å². The number of hydrogen-bond donors (Lipinski definition) is 1. The van der Waals surface area contributed by atoms with Gasteiger partial charge in [-0.05, 0) is 111 Å². The van der Waals surface area contributed by atoms with E-state index in [2.05, 4.69) is 111 Å². The van der Waals surface area contributed by atoms with Crippen molar-refractivity contribution in [3.05, 3.63) is 112 Å². The van der Waals surface area contributed by atoms with Crippen LogP contribution in [-0.2, 0) is 0 Å². The molecule has 0 spiro atoms. The highest BCUT2D eigenvalue weighted by atomic mass is 32.1. The van der Waals surface area contributed by atoms with E-state index >= 15 is 0 Å². The first-order valence-corrected chi connectivity index (χ1v) is 13.0. The first-order valence-electron chi connectivity index (χ1n) is 12.6. The normalized spacial score (nSPS) is 17.6. The van der Waals surface area contributed by atoms with Gasteiger partial charge in [-0.25, -0.2) is 0 Å². The largest absolute Gasteiger partial charge is 0.351 e. The van der Waals surface area contributed by atoms with Gasteiger partial charge in [-0.15, -0.1) is 0 Å². The van der Waals surface area contributed by atoms with E-state index in [1.807, 2.05) is 18.3 Å². The Balaban J connectivity index is 1.67. The van der Waals surface area contributed by atoms with Gasteiger partial charge in [0.25, 0.3) is 0 Å². The van der Waals surface area contributed by atoms with Crippen LogP contribution in [0.5, 0.6) is 0 Å². The van der Waals surface area contributed by atoms with Gasteiger partial charge in [0.2, 0.25) is 0 Å². The molecule has 0 saturated carbocycles. The third-order valence-corrected chi connectivity index (χ3v) is 7.50. The van der Waals surface area contributed by atoms with Crippen molar-refractivity contribution in [2.45, 2.75) is 59.5 Å². The van der Waals surface area contributed by atoms with E-state index < -0.39 is 0 Å². The predicted molar refractivity (Wildman–Crippen MR) is 153 cm³/mol. The average molecular weight is 495 g/mol. The van der Waals surface area contributed by atoms with Crippen LogP contribution in [0.1, 0.15) is 71.2 Å². The van der Waals surface area contributed by atoms with Crippen LogP contribution >= 0.6 is 12.2 Å². The molecule has 2 atom stereocenters. The fourth-order valence-electron chi connectivity index (χ4n) is 5.53. The van der Waals surface area contributed by atoms with E-state index in [4.69, 9.17) is 17.2 Å². The van der Waals surface area contributed by atoms with E-state index in [0.29, 0.717) is 5.92 Å². The number of nitrogens with zero attached hydrogens (tertiary/aromatic N) is 3. The van der Waals surface area contributed by atoms with E-state index in [9.17, 15) is 0 Å². The first-order chi connectivity index (χ1) is 17.2. The molecule has 1 aliphatic heterocycles. The minimum Gasteiger partial charge on any atom is -0.351 e. The number of anilines is 1. The monoisotopic (exact) mass is 494 g/mol. The summed E-state index contributed by atoms with van der Waals surface area (Å²) >= 11 is 5.95. The third-order valence-electron chi connectivity index (χ3n) is 7.19. The molecule has 1 N–H and O–H groups in total. The Bertz CT molecular complexity index is 1380. The zero-order chi connectivity index (χ0) is 25.6. The number of pyridine rings is 1. The summed E-state index contributed by atoms with van der Waals surface area (Å²) in [7, 11) is 0. The molecule has 2 aromatic carbocycles. The van der Waals surface area contributed by atoms with Crippen LogP contribution in [0.15, 0.2) is 72.9 Å². The predicted octanol–water partition coefficient (Wildman–Crippen LogP) is 7.41. The Morgan fingerprint density at radius 2 is 1.56 bits per heavy atom. The lowest BCUT2D eigenvalue weighted by atomic mass is 9.96. The van der Waals surface area contributed by atoms with Crippen molar-refractivity contribution in [1.29, 1.82) is 0 Å².